The average molecular weight is 263 g/mol. The highest BCUT2D eigenvalue weighted by molar-refractivity contribution is 8.02. The highest BCUT2D eigenvalue weighted by Gasteiger charge is 2.54. The predicted molar refractivity (Wildman–Crippen MR) is 74.0 cm³/mol. The number of allylic oxidation sites excluding steroid dienone is 3. The third-order valence-corrected chi connectivity index (χ3v) is 5.61. The monoisotopic (exact) mass is 263 g/mol. The van der Waals surface area contributed by atoms with Crippen LogP contribution in [-0.4, -0.2) is 35.3 Å². The number of hydrogen-bond acceptors (Lipinski definition) is 4. The number of hydrogen-bond donors (Lipinski definition) is 0. The minimum Gasteiger partial charge on any atom is -0.466 e. The van der Waals surface area contributed by atoms with Crippen LogP contribution in [0.1, 0.15) is 13.3 Å². The van der Waals surface area contributed by atoms with Crippen molar-refractivity contribution in [2.24, 2.45) is 16.8 Å². The smallest absolute Gasteiger partial charge is 0.310 e. The molecular formula is C14H17NO2S. The van der Waals surface area contributed by atoms with Crippen LogP contribution in [-0.2, 0) is 9.53 Å². The van der Waals surface area contributed by atoms with E-state index in [0.29, 0.717) is 12.5 Å². The van der Waals surface area contributed by atoms with Gasteiger partial charge in [-0.2, -0.15) is 0 Å². The Bertz CT molecular complexity index is 455. The van der Waals surface area contributed by atoms with Crippen LogP contribution in [0.2, 0.25) is 0 Å². The Hall–Kier alpha value is -1.03. The van der Waals surface area contributed by atoms with E-state index in [1.165, 1.54) is 0 Å². The first-order valence-electron chi connectivity index (χ1n) is 6.49. The fraction of sp³-hybridized carbons (Fsp3) is 0.571. The quantitative estimate of drug-likeness (QED) is 0.717. The number of esters is 1. The summed E-state index contributed by atoms with van der Waals surface area (Å²) in [5.41, 5.74) is 1.14. The van der Waals surface area contributed by atoms with Crippen LogP contribution in [0.25, 0.3) is 0 Å². The number of nitrogens with zero attached hydrogens (tertiary/aromatic N) is 1. The van der Waals surface area contributed by atoms with Gasteiger partial charge in [0, 0.05) is 12.3 Å². The lowest BCUT2D eigenvalue weighted by molar-refractivity contribution is -0.148. The molecule has 3 atom stereocenters. The second kappa shape index (κ2) is 4.57. The maximum absolute atomic E-state index is 12.1. The number of ether oxygens (including phenoxy) is 1. The zero-order valence-corrected chi connectivity index (χ0v) is 11.3. The standard InChI is InChI=1S/C14H17NO2S/c1-2-17-13(16)10-9-18-14-7-4-3-5-12(14)15-8-6-11(10)14/h3-5,7,10-11H,2,6,8-9H2,1H3. The normalized spacial score (nSPS) is 36.8. The summed E-state index contributed by atoms with van der Waals surface area (Å²) in [5.74, 6) is 1.18. The first-order valence-corrected chi connectivity index (χ1v) is 7.48. The van der Waals surface area contributed by atoms with Gasteiger partial charge in [0.25, 0.3) is 0 Å². The summed E-state index contributed by atoms with van der Waals surface area (Å²) >= 11 is 1.85. The molecule has 2 heterocycles. The maximum atomic E-state index is 12.1. The summed E-state index contributed by atoms with van der Waals surface area (Å²) in [6.07, 6.45) is 9.41. The minimum atomic E-state index is -0.0651. The van der Waals surface area contributed by atoms with E-state index in [4.69, 9.17) is 4.74 Å². The molecule has 3 aliphatic rings. The highest BCUT2D eigenvalue weighted by atomic mass is 32.2. The van der Waals surface area contributed by atoms with Crippen molar-refractivity contribution in [1.82, 2.24) is 0 Å². The van der Waals surface area contributed by atoms with Crippen molar-refractivity contribution in [3.63, 3.8) is 0 Å². The molecule has 0 N–H and O–H groups in total. The summed E-state index contributed by atoms with van der Waals surface area (Å²) in [6.45, 7) is 3.17. The molecule has 1 aliphatic carbocycles. The molecule has 18 heavy (non-hydrogen) atoms. The molecule has 4 heteroatoms. The van der Waals surface area contributed by atoms with Crippen LogP contribution in [0.5, 0.6) is 0 Å². The number of thioether (sulfide) groups is 1. The van der Waals surface area contributed by atoms with Crippen molar-refractivity contribution < 1.29 is 9.53 Å². The van der Waals surface area contributed by atoms with Gasteiger partial charge in [0.05, 0.1) is 23.0 Å². The number of rotatable bonds is 2. The Morgan fingerprint density at radius 1 is 1.61 bits per heavy atom. The molecule has 0 aromatic rings. The van der Waals surface area contributed by atoms with E-state index in [0.717, 1.165) is 24.4 Å². The second-order valence-electron chi connectivity index (χ2n) is 4.84. The summed E-state index contributed by atoms with van der Waals surface area (Å²) in [6, 6.07) is 0. The maximum Gasteiger partial charge on any atom is 0.310 e. The van der Waals surface area contributed by atoms with Crippen LogP contribution >= 0.6 is 11.8 Å². The molecule has 0 amide bonds. The Kier molecular flexibility index (Phi) is 3.06. The molecule has 0 aromatic heterocycles. The zero-order chi connectivity index (χ0) is 12.6. The van der Waals surface area contributed by atoms with Gasteiger partial charge in [-0.25, -0.2) is 0 Å². The second-order valence-corrected chi connectivity index (χ2v) is 6.14. The molecule has 0 aromatic carbocycles. The molecule has 3 unspecified atom stereocenters. The van der Waals surface area contributed by atoms with E-state index < -0.39 is 0 Å². The van der Waals surface area contributed by atoms with Crippen molar-refractivity contribution >= 4 is 23.4 Å². The molecule has 1 saturated heterocycles. The fourth-order valence-corrected chi connectivity index (χ4v) is 4.92. The molecule has 96 valence electrons. The van der Waals surface area contributed by atoms with Gasteiger partial charge < -0.3 is 4.74 Å². The lowest BCUT2D eigenvalue weighted by atomic mass is 9.74. The lowest BCUT2D eigenvalue weighted by Crippen LogP contribution is -2.44. The average Bonchev–Trinajstić information content (AvgIpc) is 2.76. The topological polar surface area (TPSA) is 38.7 Å². The summed E-state index contributed by atoms with van der Waals surface area (Å²) < 4.78 is 5.15. The van der Waals surface area contributed by atoms with Gasteiger partial charge in [0.1, 0.15) is 0 Å². The largest absolute Gasteiger partial charge is 0.466 e. The third-order valence-electron chi connectivity index (χ3n) is 3.96. The first kappa shape index (κ1) is 12.0. The summed E-state index contributed by atoms with van der Waals surface area (Å²) in [4.78, 5) is 16.7. The van der Waals surface area contributed by atoms with E-state index in [1.54, 1.807) is 0 Å². The van der Waals surface area contributed by atoms with E-state index >= 15 is 0 Å². The van der Waals surface area contributed by atoms with Crippen molar-refractivity contribution in [1.29, 1.82) is 0 Å². The zero-order valence-electron chi connectivity index (χ0n) is 10.5. The summed E-state index contributed by atoms with van der Waals surface area (Å²) in [7, 11) is 0. The molecule has 3 nitrogen and oxygen atoms in total. The van der Waals surface area contributed by atoms with E-state index in [1.807, 2.05) is 24.8 Å². The van der Waals surface area contributed by atoms with E-state index in [-0.39, 0.29) is 16.6 Å². The molecule has 1 fully saturated rings. The molecule has 0 bridgehead atoms. The Balaban J connectivity index is 1.91. The fourth-order valence-electron chi connectivity index (χ4n) is 3.14. The third kappa shape index (κ3) is 1.66. The van der Waals surface area contributed by atoms with Crippen LogP contribution in [0.15, 0.2) is 29.3 Å². The molecule has 2 aliphatic heterocycles. The van der Waals surface area contributed by atoms with Gasteiger partial charge in [-0.1, -0.05) is 18.2 Å². The van der Waals surface area contributed by atoms with Crippen LogP contribution in [0.3, 0.4) is 0 Å². The summed E-state index contributed by atoms with van der Waals surface area (Å²) in [5, 5.41) is 0. The molecule has 1 spiro atoms. The van der Waals surface area contributed by atoms with E-state index in [9.17, 15) is 4.79 Å². The van der Waals surface area contributed by atoms with Crippen molar-refractivity contribution in [3.8, 4) is 0 Å². The molecule has 0 saturated carbocycles. The number of carbonyl (C=O) groups excluding carboxylic acids is 1. The van der Waals surface area contributed by atoms with Gasteiger partial charge in [0.2, 0.25) is 0 Å². The van der Waals surface area contributed by atoms with Crippen molar-refractivity contribution in [2.75, 3.05) is 18.9 Å². The van der Waals surface area contributed by atoms with Crippen LogP contribution in [0, 0.1) is 11.8 Å². The number of carbonyl (C=O) groups is 1. The predicted octanol–water partition coefficient (Wildman–Crippen LogP) is 2.24. The first-order chi connectivity index (χ1) is 8.78. The Labute approximate surface area is 111 Å². The van der Waals surface area contributed by atoms with Gasteiger partial charge in [-0.15, -0.1) is 11.8 Å². The lowest BCUT2D eigenvalue weighted by Gasteiger charge is -2.37. The highest BCUT2D eigenvalue weighted by Crippen LogP contribution is 2.53. The van der Waals surface area contributed by atoms with Crippen LogP contribution in [0.4, 0.5) is 0 Å². The van der Waals surface area contributed by atoms with Gasteiger partial charge in [-0.05, 0) is 25.3 Å². The SMILES string of the molecule is CCOC(=O)C1CSC23C=CC=CC2=NCCC13. The Morgan fingerprint density at radius 3 is 3.33 bits per heavy atom. The number of aliphatic imine (C=N–C) groups is 1. The Morgan fingerprint density at radius 2 is 2.50 bits per heavy atom. The minimum absolute atomic E-state index is 0.0246. The molecule has 0 radical (unpaired) electrons. The van der Waals surface area contributed by atoms with Gasteiger partial charge in [0.15, 0.2) is 0 Å². The van der Waals surface area contributed by atoms with E-state index in [2.05, 4.69) is 23.2 Å². The van der Waals surface area contributed by atoms with Gasteiger partial charge in [-0.3, -0.25) is 9.79 Å². The molecular weight excluding hydrogens is 246 g/mol. The van der Waals surface area contributed by atoms with Gasteiger partial charge >= 0.3 is 5.97 Å². The molecule has 3 rings (SSSR count). The van der Waals surface area contributed by atoms with Crippen LogP contribution < -0.4 is 0 Å². The van der Waals surface area contributed by atoms with Crippen molar-refractivity contribution in [2.45, 2.75) is 18.1 Å². The van der Waals surface area contributed by atoms with Crippen molar-refractivity contribution in [3.05, 3.63) is 24.3 Å².